The summed E-state index contributed by atoms with van der Waals surface area (Å²) in [5.41, 5.74) is 5.61. The fraction of sp³-hybridized carbons (Fsp3) is 0.182. The molecule has 0 bridgehead atoms. The number of pyridine rings is 1. The molecule has 0 fully saturated rings. The van der Waals surface area contributed by atoms with Crippen LogP contribution in [0.2, 0.25) is 0 Å². The van der Waals surface area contributed by atoms with Crippen molar-refractivity contribution in [1.29, 1.82) is 0 Å². The second kappa shape index (κ2) is 3.37. The maximum atomic E-state index is 12.7. The Labute approximate surface area is 89.9 Å². The molecule has 0 saturated heterocycles. The average molecular weight is 226 g/mol. The zero-order chi connectivity index (χ0) is 11.9. The molecular formula is C11H9F3N2. The minimum absolute atomic E-state index is 0.0903. The number of hydrogen-bond acceptors (Lipinski definition) is 2. The van der Waals surface area contributed by atoms with E-state index in [-0.39, 0.29) is 5.52 Å². The van der Waals surface area contributed by atoms with E-state index >= 15 is 0 Å². The summed E-state index contributed by atoms with van der Waals surface area (Å²) in [4.78, 5) is 3.90. The number of nitrogen functional groups attached to an aromatic ring is 1. The topological polar surface area (TPSA) is 38.9 Å². The van der Waals surface area contributed by atoms with Crippen LogP contribution in [0.5, 0.6) is 0 Å². The van der Waals surface area contributed by atoms with Crippen LogP contribution in [-0.2, 0) is 6.18 Å². The Hall–Kier alpha value is -1.78. The molecule has 2 N–H and O–H groups in total. The van der Waals surface area contributed by atoms with Gasteiger partial charge in [-0.25, -0.2) is 0 Å². The zero-order valence-electron chi connectivity index (χ0n) is 8.47. The number of anilines is 1. The molecule has 0 amide bonds. The summed E-state index contributed by atoms with van der Waals surface area (Å²) in [6, 6.07) is 5.43. The Bertz CT molecular complexity index is 547. The summed E-state index contributed by atoms with van der Waals surface area (Å²) in [6.45, 7) is 1.61. The van der Waals surface area contributed by atoms with Gasteiger partial charge in [-0.15, -0.1) is 0 Å². The lowest BCUT2D eigenvalue weighted by molar-refractivity contribution is -0.136. The van der Waals surface area contributed by atoms with Gasteiger partial charge in [0, 0.05) is 16.8 Å². The third-order valence-corrected chi connectivity index (χ3v) is 2.30. The van der Waals surface area contributed by atoms with Crippen LogP contribution < -0.4 is 5.73 Å². The van der Waals surface area contributed by atoms with Crippen molar-refractivity contribution < 1.29 is 13.2 Å². The van der Waals surface area contributed by atoms with Gasteiger partial charge in [0.25, 0.3) is 0 Å². The van der Waals surface area contributed by atoms with Gasteiger partial charge in [0.05, 0.1) is 11.1 Å². The number of nitrogens with zero attached hydrogens (tertiary/aromatic N) is 1. The van der Waals surface area contributed by atoms with E-state index in [0.29, 0.717) is 16.8 Å². The molecule has 0 unspecified atom stereocenters. The Morgan fingerprint density at radius 2 is 1.94 bits per heavy atom. The number of aromatic nitrogens is 1. The van der Waals surface area contributed by atoms with Crippen LogP contribution in [0.1, 0.15) is 11.3 Å². The molecule has 1 aromatic heterocycles. The van der Waals surface area contributed by atoms with Crippen LogP contribution in [0.15, 0.2) is 24.3 Å². The van der Waals surface area contributed by atoms with E-state index in [1.54, 1.807) is 13.0 Å². The number of alkyl halides is 3. The van der Waals surface area contributed by atoms with E-state index in [1.165, 1.54) is 12.1 Å². The molecule has 16 heavy (non-hydrogen) atoms. The molecule has 2 rings (SSSR count). The van der Waals surface area contributed by atoms with Gasteiger partial charge in [-0.05, 0) is 19.1 Å². The first-order valence-electron chi connectivity index (χ1n) is 4.62. The van der Waals surface area contributed by atoms with E-state index in [1.807, 2.05) is 0 Å². The molecule has 0 aliphatic heterocycles. The van der Waals surface area contributed by atoms with Gasteiger partial charge in [-0.3, -0.25) is 4.98 Å². The molecule has 0 aliphatic carbocycles. The van der Waals surface area contributed by atoms with Crippen molar-refractivity contribution >= 4 is 16.6 Å². The summed E-state index contributed by atoms with van der Waals surface area (Å²) < 4.78 is 38.1. The monoisotopic (exact) mass is 226 g/mol. The van der Waals surface area contributed by atoms with Gasteiger partial charge in [0.2, 0.25) is 0 Å². The van der Waals surface area contributed by atoms with E-state index in [4.69, 9.17) is 5.73 Å². The first kappa shape index (κ1) is 10.7. The highest BCUT2D eigenvalue weighted by molar-refractivity contribution is 5.92. The van der Waals surface area contributed by atoms with Gasteiger partial charge >= 0.3 is 6.18 Å². The van der Waals surface area contributed by atoms with Crippen molar-refractivity contribution in [3.05, 3.63) is 35.5 Å². The van der Waals surface area contributed by atoms with Gasteiger partial charge in [0.1, 0.15) is 0 Å². The van der Waals surface area contributed by atoms with Crippen LogP contribution in [-0.4, -0.2) is 4.98 Å². The summed E-state index contributed by atoms with van der Waals surface area (Å²) in [6.07, 6.45) is -4.41. The molecule has 2 aromatic rings. The lowest BCUT2D eigenvalue weighted by Crippen LogP contribution is -2.07. The van der Waals surface area contributed by atoms with Crippen molar-refractivity contribution in [2.45, 2.75) is 13.1 Å². The highest BCUT2D eigenvalue weighted by Crippen LogP contribution is 2.35. The number of para-hydroxylation sites is 1. The van der Waals surface area contributed by atoms with Crippen molar-refractivity contribution in [1.82, 2.24) is 4.98 Å². The Morgan fingerprint density at radius 3 is 2.56 bits per heavy atom. The molecule has 0 saturated carbocycles. The lowest BCUT2D eigenvalue weighted by Gasteiger charge is -2.11. The number of hydrogen-bond donors (Lipinski definition) is 1. The fourth-order valence-corrected chi connectivity index (χ4v) is 1.64. The van der Waals surface area contributed by atoms with Crippen molar-refractivity contribution in [2.24, 2.45) is 0 Å². The quantitative estimate of drug-likeness (QED) is 0.749. The number of rotatable bonds is 0. The van der Waals surface area contributed by atoms with E-state index in [2.05, 4.69) is 4.98 Å². The van der Waals surface area contributed by atoms with Gasteiger partial charge in [0.15, 0.2) is 0 Å². The summed E-state index contributed by atoms with van der Waals surface area (Å²) in [5, 5.41) is 0.334. The SMILES string of the molecule is Cc1cc(N)c2cccc(C(F)(F)F)c2n1. The van der Waals surface area contributed by atoms with E-state index < -0.39 is 11.7 Å². The minimum atomic E-state index is -4.41. The average Bonchev–Trinajstić information content (AvgIpc) is 2.15. The molecular weight excluding hydrogens is 217 g/mol. The van der Waals surface area contributed by atoms with Crippen LogP contribution >= 0.6 is 0 Å². The highest BCUT2D eigenvalue weighted by atomic mass is 19.4. The molecule has 0 atom stereocenters. The lowest BCUT2D eigenvalue weighted by atomic mass is 10.1. The third kappa shape index (κ3) is 1.68. The molecule has 2 nitrogen and oxygen atoms in total. The zero-order valence-corrected chi connectivity index (χ0v) is 8.47. The maximum absolute atomic E-state index is 12.7. The number of halogens is 3. The van der Waals surface area contributed by atoms with Crippen LogP contribution in [0, 0.1) is 6.92 Å². The van der Waals surface area contributed by atoms with Gasteiger partial charge < -0.3 is 5.73 Å². The first-order chi connectivity index (χ1) is 7.39. The van der Waals surface area contributed by atoms with Crippen molar-refractivity contribution in [3.63, 3.8) is 0 Å². The number of nitrogens with two attached hydrogens (primary N) is 1. The second-order valence-corrected chi connectivity index (χ2v) is 3.55. The molecule has 0 radical (unpaired) electrons. The predicted octanol–water partition coefficient (Wildman–Crippen LogP) is 3.14. The maximum Gasteiger partial charge on any atom is 0.418 e. The molecule has 84 valence electrons. The minimum Gasteiger partial charge on any atom is -0.398 e. The Balaban J connectivity index is 2.87. The standard InChI is InChI=1S/C11H9F3N2/c1-6-5-9(15)7-3-2-4-8(10(7)16-6)11(12,13)14/h2-5H,1H3,(H2,15,16). The molecule has 5 heteroatoms. The Morgan fingerprint density at radius 1 is 1.25 bits per heavy atom. The predicted molar refractivity (Wildman–Crippen MR) is 55.9 cm³/mol. The largest absolute Gasteiger partial charge is 0.418 e. The third-order valence-electron chi connectivity index (χ3n) is 2.30. The van der Waals surface area contributed by atoms with E-state index in [0.717, 1.165) is 6.07 Å². The van der Waals surface area contributed by atoms with Gasteiger partial charge in [-0.1, -0.05) is 12.1 Å². The molecule has 1 heterocycles. The first-order valence-corrected chi connectivity index (χ1v) is 4.62. The number of benzene rings is 1. The van der Waals surface area contributed by atoms with Crippen molar-refractivity contribution in [2.75, 3.05) is 5.73 Å². The van der Waals surface area contributed by atoms with Crippen LogP contribution in [0.4, 0.5) is 18.9 Å². The normalized spacial score (nSPS) is 12.0. The highest BCUT2D eigenvalue weighted by Gasteiger charge is 2.33. The van der Waals surface area contributed by atoms with Gasteiger partial charge in [-0.2, -0.15) is 13.2 Å². The van der Waals surface area contributed by atoms with Crippen LogP contribution in [0.3, 0.4) is 0 Å². The summed E-state index contributed by atoms with van der Waals surface area (Å²) in [5.74, 6) is 0. The molecule has 0 spiro atoms. The number of fused-ring (bicyclic) bond motifs is 1. The summed E-state index contributed by atoms with van der Waals surface area (Å²) in [7, 11) is 0. The van der Waals surface area contributed by atoms with E-state index in [9.17, 15) is 13.2 Å². The Kier molecular flexibility index (Phi) is 2.26. The molecule has 1 aromatic carbocycles. The number of aryl methyl sites for hydroxylation is 1. The second-order valence-electron chi connectivity index (χ2n) is 3.55. The summed E-state index contributed by atoms with van der Waals surface area (Å²) >= 11 is 0. The fourth-order valence-electron chi connectivity index (χ4n) is 1.64. The smallest absolute Gasteiger partial charge is 0.398 e. The molecule has 0 aliphatic rings. The van der Waals surface area contributed by atoms with Crippen molar-refractivity contribution in [3.8, 4) is 0 Å². The van der Waals surface area contributed by atoms with Crippen LogP contribution in [0.25, 0.3) is 10.9 Å².